The summed E-state index contributed by atoms with van der Waals surface area (Å²) >= 11 is 9.22. The van der Waals surface area contributed by atoms with Gasteiger partial charge >= 0.3 is 0 Å². The molecule has 0 saturated heterocycles. The molecular formula is C10H6BrClO2. The van der Waals surface area contributed by atoms with E-state index in [1.807, 2.05) is 0 Å². The van der Waals surface area contributed by atoms with Gasteiger partial charge in [0, 0.05) is 16.2 Å². The van der Waals surface area contributed by atoms with Crippen molar-refractivity contribution in [2.45, 2.75) is 0 Å². The van der Waals surface area contributed by atoms with Crippen LogP contribution in [0.5, 0.6) is 5.75 Å². The van der Waals surface area contributed by atoms with E-state index in [0.29, 0.717) is 17.2 Å². The average Bonchev–Trinajstić information content (AvgIpc) is 2.16. The number of carbonyl (C=O) groups excluding carboxylic acids is 1. The quantitative estimate of drug-likeness (QED) is 0.735. The van der Waals surface area contributed by atoms with E-state index in [-0.39, 0.29) is 0 Å². The van der Waals surface area contributed by atoms with Crippen molar-refractivity contribution < 1.29 is 9.53 Å². The fourth-order valence-electron chi connectivity index (χ4n) is 1.30. The molecule has 0 bridgehead atoms. The number of ether oxygens (including phenoxy) is 1. The number of hydrogen-bond donors (Lipinski definition) is 0. The predicted octanol–water partition coefficient (Wildman–Crippen LogP) is 3.08. The van der Waals surface area contributed by atoms with Crippen molar-refractivity contribution in [1.29, 1.82) is 0 Å². The largest absolute Gasteiger partial charge is 0.487 e. The number of halogens is 2. The van der Waals surface area contributed by atoms with Crippen LogP contribution in [0.3, 0.4) is 0 Å². The molecule has 0 atom stereocenters. The van der Waals surface area contributed by atoms with Gasteiger partial charge in [-0.1, -0.05) is 11.6 Å². The van der Waals surface area contributed by atoms with Crippen LogP contribution in [0.25, 0.3) is 6.08 Å². The number of fused-ring (bicyclic) bond motifs is 1. The first-order valence-electron chi connectivity index (χ1n) is 3.98. The van der Waals surface area contributed by atoms with E-state index in [9.17, 15) is 4.79 Å². The average molecular weight is 274 g/mol. The van der Waals surface area contributed by atoms with E-state index >= 15 is 0 Å². The van der Waals surface area contributed by atoms with Crippen LogP contribution >= 0.6 is 27.5 Å². The second-order valence-corrected chi connectivity index (χ2v) is 4.22. The molecule has 1 aliphatic heterocycles. The zero-order valence-electron chi connectivity index (χ0n) is 7.09. The Kier molecular flexibility index (Phi) is 2.61. The molecule has 0 aromatic heterocycles. The molecule has 1 aromatic carbocycles. The van der Waals surface area contributed by atoms with E-state index in [1.165, 1.54) is 0 Å². The molecule has 1 aromatic rings. The molecule has 2 nitrogen and oxygen atoms in total. The lowest BCUT2D eigenvalue weighted by molar-refractivity contribution is -0.105. The Balaban J connectivity index is 2.57. The predicted molar refractivity (Wildman–Crippen MR) is 58.7 cm³/mol. The van der Waals surface area contributed by atoms with Crippen LogP contribution in [0.1, 0.15) is 5.56 Å². The standard InChI is InChI=1S/C10H6BrClO2/c11-9-3-8(12)2-7-1-6(4-13)5-14-10(7)9/h1-4H,5H2. The van der Waals surface area contributed by atoms with Crippen LogP contribution in [0.4, 0.5) is 0 Å². The first-order chi connectivity index (χ1) is 6.70. The van der Waals surface area contributed by atoms with Crippen LogP contribution in [0, 0.1) is 0 Å². The van der Waals surface area contributed by atoms with E-state index in [0.717, 1.165) is 22.1 Å². The van der Waals surface area contributed by atoms with Gasteiger partial charge in [0.05, 0.1) is 4.47 Å². The van der Waals surface area contributed by atoms with Gasteiger partial charge in [-0.2, -0.15) is 0 Å². The Hall–Kier alpha value is -0.800. The summed E-state index contributed by atoms with van der Waals surface area (Å²) in [6.45, 7) is 0.316. The van der Waals surface area contributed by atoms with Crippen molar-refractivity contribution in [1.82, 2.24) is 0 Å². The van der Waals surface area contributed by atoms with Gasteiger partial charge in [-0.25, -0.2) is 0 Å². The molecule has 0 fully saturated rings. The molecule has 0 spiro atoms. The summed E-state index contributed by atoms with van der Waals surface area (Å²) in [6, 6.07) is 3.53. The van der Waals surface area contributed by atoms with Gasteiger partial charge in [-0.15, -0.1) is 0 Å². The summed E-state index contributed by atoms with van der Waals surface area (Å²) in [4.78, 5) is 10.5. The fourth-order valence-corrected chi connectivity index (χ4v) is 2.25. The van der Waals surface area contributed by atoms with Gasteiger partial charge in [0.2, 0.25) is 0 Å². The van der Waals surface area contributed by atoms with Gasteiger partial charge in [0.25, 0.3) is 0 Å². The third-order valence-electron chi connectivity index (χ3n) is 1.91. The minimum Gasteiger partial charge on any atom is -0.487 e. The maximum absolute atomic E-state index is 10.5. The molecule has 0 amide bonds. The van der Waals surface area contributed by atoms with Crippen molar-refractivity contribution in [2.75, 3.05) is 6.61 Å². The van der Waals surface area contributed by atoms with E-state index < -0.39 is 0 Å². The van der Waals surface area contributed by atoms with Crippen molar-refractivity contribution in [3.05, 3.63) is 32.8 Å². The zero-order valence-corrected chi connectivity index (χ0v) is 9.43. The van der Waals surface area contributed by atoms with Crippen molar-refractivity contribution in [3.63, 3.8) is 0 Å². The third-order valence-corrected chi connectivity index (χ3v) is 2.72. The molecule has 1 heterocycles. The lowest BCUT2D eigenvalue weighted by Crippen LogP contribution is -2.08. The molecule has 2 rings (SSSR count). The van der Waals surface area contributed by atoms with Crippen LogP contribution in [-0.4, -0.2) is 12.9 Å². The van der Waals surface area contributed by atoms with Crippen molar-refractivity contribution >= 4 is 39.9 Å². The Bertz CT molecular complexity index is 426. The number of aldehydes is 1. The van der Waals surface area contributed by atoms with Gasteiger partial charge < -0.3 is 4.74 Å². The number of benzene rings is 1. The van der Waals surface area contributed by atoms with Crippen LogP contribution in [0.15, 0.2) is 22.2 Å². The molecule has 4 heteroatoms. The summed E-state index contributed by atoms with van der Waals surface area (Å²) in [6.07, 6.45) is 2.57. The zero-order chi connectivity index (χ0) is 10.1. The second-order valence-electron chi connectivity index (χ2n) is 2.93. The highest BCUT2D eigenvalue weighted by Crippen LogP contribution is 2.36. The van der Waals surface area contributed by atoms with Crippen LogP contribution < -0.4 is 4.74 Å². The highest BCUT2D eigenvalue weighted by Gasteiger charge is 2.14. The number of carbonyl (C=O) groups is 1. The minimum atomic E-state index is 0.316. The first kappa shape index (κ1) is 9.74. The molecule has 1 aliphatic rings. The summed E-state index contributed by atoms with van der Waals surface area (Å²) < 4.78 is 6.21. The maximum Gasteiger partial charge on any atom is 0.149 e. The molecule has 0 N–H and O–H groups in total. The maximum atomic E-state index is 10.5. The minimum absolute atomic E-state index is 0.316. The number of rotatable bonds is 1. The molecule has 0 saturated carbocycles. The molecule has 0 aliphatic carbocycles. The highest BCUT2D eigenvalue weighted by atomic mass is 79.9. The van der Waals surface area contributed by atoms with E-state index in [1.54, 1.807) is 18.2 Å². The van der Waals surface area contributed by atoms with Crippen LogP contribution in [0.2, 0.25) is 5.02 Å². The lowest BCUT2D eigenvalue weighted by atomic mass is 10.1. The summed E-state index contributed by atoms with van der Waals surface area (Å²) in [5, 5.41) is 0.614. The Morgan fingerprint density at radius 2 is 2.29 bits per heavy atom. The van der Waals surface area contributed by atoms with Crippen molar-refractivity contribution in [2.24, 2.45) is 0 Å². The van der Waals surface area contributed by atoms with Crippen molar-refractivity contribution in [3.8, 4) is 5.75 Å². The molecular weight excluding hydrogens is 267 g/mol. The summed E-state index contributed by atoms with van der Waals surface area (Å²) in [5.74, 6) is 0.736. The SMILES string of the molecule is O=CC1=Cc2cc(Cl)cc(Br)c2OC1. The van der Waals surface area contributed by atoms with Crippen LogP contribution in [-0.2, 0) is 4.79 Å². The monoisotopic (exact) mass is 272 g/mol. The summed E-state index contributed by atoms with van der Waals surface area (Å²) in [5.41, 5.74) is 1.45. The molecule has 72 valence electrons. The fraction of sp³-hybridized carbons (Fsp3) is 0.100. The topological polar surface area (TPSA) is 26.3 Å². The van der Waals surface area contributed by atoms with Gasteiger partial charge in [0.15, 0.2) is 0 Å². The third kappa shape index (κ3) is 1.70. The Labute approximate surface area is 94.6 Å². The number of hydrogen-bond acceptors (Lipinski definition) is 2. The molecule has 0 radical (unpaired) electrons. The Morgan fingerprint density at radius 1 is 1.50 bits per heavy atom. The second kappa shape index (κ2) is 3.75. The highest BCUT2D eigenvalue weighted by molar-refractivity contribution is 9.10. The first-order valence-corrected chi connectivity index (χ1v) is 5.15. The lowest BCUT2D eigenvalue weighted by Gasteiger charge is -2.16. The normalized spacial score (nSPS) is 14.0. The smallest absolute Gasteiger partial charge is 0.149 e. The van der Waals surface area contributed by atoms with Gasteiger partial charge in [-0.05, 0) is 34.1 Å². The van der Waals surface area contributed by atoms with Gasteiger partial charge in [0.1, 0.15) is 18.6 Å². The van der Waals surface area contributed by atoms with E-state index in [2.05, 4.69) is 15.9 Å². The molecule has 0 unspecified atom stereocenters. The van der Waals surface area contributed by atoms with Gasteiger partial charge in [-0.3, -0.25) is 4.79 Å². The molecule has 14 heavy (non-hydrogen) atoms. The Morgan fingerprint density at radius 3 is 3.00 bits per heavy atom. The van der Waals surface area contributed by atoms with E-state index in [4.69, 9.17) is 16.3 Å². The summed E-state index contributed by atoms with van der Waals surface area (Å²) in [7, 11) is 0.